The number of rotatable bonds is 7. The number of nitrogens with zero attached hydrogens (tertiary/aromatic N) is 1. The highest BCUT2D eigenvalue weighted by Gasteiger charge is 2.47. The summed E-state index contributed by atoms with van der Waals surface area (Å²) in [6.07, 6.45) is 0.672. The molecule has 5 nitrogen and oxygen atoms in total. The minimum absolute atomic E-state index is 0.0913. The zero-order chi connectivity index (χ0) is 15.2. The van der Waals surface area contributed by atoms with Crippen molar-refractivity contribution in [2.24, 2.45) is 0 Å². The minimum Gasteiger partial charge on any atom is -0.479 e. The predicted molar refractivity (Wildman–Crippen MR) is 75.3 cm³/mol. The Labute approximate surface area is 119 Å². The molecule has 1 rings (SSSR count). The van der Waals surface area contributed by atoms with E-state index in [0.29, 0.717) is 18.5 Å². The van der Waals surface area contributed by atoms with E-state index in [0.717, 1.165) is 0 Å². The summed E-state index contributed by atoms with van der Waals surface area (Å²) in [5.74, 6) is -1.37. The van der Waals surface area contributed by atoms with Gasteiger partial charge in [-0.05, 0) is 12.0 Å². The van der Waals surface area contributed by atoms with Crippen molar-refractivity contribution < 1.29 is 19.4 Å². The van der Waals surface area contributed by atoms with Gasteiger partial charge in [-0.25, -0.2) is 4.79 Å². The van der Waals surface area contributed by atoms with E-state index >= 15 is 0 Å². The molecule has 0 radical (unpaired) electrons. The zero-order valence-electron chi connectivity index (χ0n) is 12.1. The normalized spacial score (nSPS) is 13.6. The van der Waals surface area contributed by atoms with Crippen molar-refractivity contribution in [2.45, 2.75) is 25.8 Å². The maximum absolute atomic E-state index is 12.0. The summed E-state index contributed by atoms with van der Waals surface area (Å²) in [6.45, 7) is 3.55. The summed E-state index contributed by atoms with van der Waals surface area (Å²) in [7, 11) is 1.44. The van der Waals surface area contributed by atoms with Crippen molar-refractivity contribution in [1.82, 2.24) is 4.90 Å². The number of ether oxygens (including phenoxy) is 1. The summed E-state index contributed by atoms with van der Waals surface area (Å²) in [5.41, 5.74) is -0.948. The molecule has 1 unspecified atom stereocenters. The maximum Gasteiger partial charge on any atom is 0.336 e. The molecule has 0 bridgehead atoms. The molecule has 1 N–H and O–H groups in total. The van der Waals surface area contributed by atoms with Gasteiger partial charge in [0.1, 0.15) is 0 Å². The smallest absolute Gasteiger partial charge is 0.336 e. The highest BCUT2D eigenvalue weighted by atomic mass is 16.5. The molecule has 0 fully saturated rings. The van der Waals surface area contributed by atoms with Crippen LogP contribution in [0.4, 0.5) is 0 Å². The number of carboxylic acids is 1. The van der Waals surface area contributed by atoms with Gasteiger partial charge in [-0.1, -0.05) is 37.3 Å². The molecular weight excluding hydrogens is 258 g/mol. The van der Waals surface area contributed by atoms with E-state index in [1.807, 2.05) is 6.92 Å². The van der Waals surface area contributed by atoms with Crippen molar-refractivity contribution in [3.8, 4) is 0 Å². The quantitative estimate of drug-likeness (QED) is 0.827. The molecule has 1 aromatic carbocycles. The second-order valence-electron chi connectivity index (χ2n) is 4.64. The van der Waals surface area contributed by atoms with Crippen molar-refractivity contribution in [2.75, 3.05) is 20.3 Å². The molecule has 0 aromatic heterocycles. The number of carboxylic acid groups (broad SMARTS) is 1. The van der Waals surface area contributed by atoms with Crippen LogP contribution in [0.1, 0.15) is 25.8 Å². The molecule has 0 aliphatic rings. The lowest BCUT2D eigenvalue weighted by Gasteiger charge is -2.40. The van der Waals surface area contributed by atoms with Crippen molar-refractivity contribution in [1.29, 1.82) is 0 Å². The summed E-state index contributed by atoms with van der Waals surface area (Å²) < 4.78 is 5.13. The third-order valence-electron chi connectivity index (χ3n) is 3.25. The van der Waals surface area contributed by atoms with Gasteiger partial charge in [-0.3, -0.25) is 4.79 Å². The summed E-state index contributed by atoms with van der Waals surface area (Å²) in [6, 6.07) is 8.73. The average molecular weight is 279 g/mol. The van der Waals surface area contributed by atoms with Crippen LogP contribution >= 0.6 is 0 Å². The number of carbonyl (C=O) groups is 2. The lowest BCUT2D eigenvalue weighted by molar-refractivity contribution is -0.164. The molecule has 5 heteroatoms. The van der Waals surface area contributed by atoms with E-state index in [9.17, 15) is 14.7 Å². The number of carbonyl (C=O) groups excluding carboxylic acids is 1. The average Bonchev–Trinajstić information content (AvgIpc) is 2.43. The predicted octanol–water partition coefficient (Wildman–Crippen LogP) is 1.87. The van der Waals surface area contributed by atoms with Crippen LogP contribution < -0.4 is 0 Å². The van der Waals surface area contributed by atoms with Gasteiger partial charge in [-0.15, -0.1) is 0 Å². The second-order valence-corrected chi connectivity index (χ2v) is 4.64. The van der Waals surface area contributed by atoms with Gasteiger partial charge in [0, 0.05) is 20.6 Å². The Hall–Kier alpha value is -1.88. The fourth-order valence-electron chi connectivity index (χ4n) is 2.38. The number of aliphatic carboxylic acids is 1. The van der Waals surface area contributed by atoms with Gasteiger partial charge in [0.25, 0.3) is 0 Å². The van der Waals surface area contributed by atoms with Crippen LogP contribution in [-0.2, 0) is 19.9 Å². The molecule has 1 amide bonds. The third kappa shape index (κ3) is 2.99. The standard InChI is InChI=1S/C15H21NO4/c1-4-10-16(12(2)17)15(11-20-3,14(18)19)13-8-6-5-7-9-13/h5-9H,4,10-11H2,1-3H3,(H,18,19). The van der Waals surface area contributed by atoms with E-state index in [4.69, 9.17) is 4.74 Å². The molecule has 1 atom stereocenters. The first-order valence-electron chi connectivity index (χ1n) is 6.56. The Balaban J connectivity index is 3.45. The summed E-state index contributed by atoms with van der Waals surface area (Å²) >= 11 is 0. The van der Waals surface area contributed by atoms with Gasteiger partial charge < -0.3 is 14.7 Å². The monoisotopic (exact) mass is 279 g/mol. The topological polar surface area (TPSA) is 66.8 Å². The van der Waals surface area contributed by atoms with E-state index in [2.05, 4.69) is 0 Å². The number of amides is 1. The zero-order valence-corrected chi connectivity index (χ0v) is 12.1. The molecule has 0 saturated carbocycles. The molecule has 0 saturated heterocycles. The van der Waals surface area contributed by atoms with Crippen LogP contribution in [0.3, 0.4) is 0 Å². The van der Waals surface area contributed by atoms with E-state index in [-0.39, 0.29) is 12.5 Å². The fraction of sp³-hybridized carbons (Fsp3) is 0.467. The molecule has 0 spiro atoms. The van der Waals surface area contributed by atoms with Gasteiger partial charge in [0.2, 0.25) is 5.91 Å². The van der Waals surface area contributed by atoms with Crippen LogP contribution in [0.15, 0.2) is 30.3 Å². The molecule has 0 aliphatic heterocycles. The van der Waals surface area contributed by atoms with E-state index in [1.165, 1.54) is 18.9 Å². The Morgan fingerprint density at radius 1 is 1.30 bits per heavy atom. The van der Waals surface area contributed by atoms with E-state index < -0.39 is 11.5 Å². The van der Waals surface area contributed by atoms with E-state index in [1.54, 1.807) is 30.3 Å². The Morgan fingerprint density at radius 2 is 1.90 bits per heavy atom. The van der Waals surface area contributed by atoms with Crippen LogP contribution in [0.25, 0.3) is 0 Å². The number of benzene rings is 1. The summed E-state index contributed by atoms with van der Waals surface area (Å²) in [5, 5.41) is 9.78. The summed E-state index contributed by atoms with van der Waals surface area (Å²) in [4.78, 5) is 25.3. The number of hydrogen-bond donors (Lipinski definition) is 1. The first-order chi connectivity index (χ1) is 9.50. The SMILES string of the molecule is CCCN(C(C)=O)C(COC)(C(=O)O)c1ccccc1. The van der Waals surface area contributed by atoms with Gasteiger partial charge in [0.15, 0.2) is 5.54 Å². The van der Waals surface area contributed by atoms with Crippen LogP contribution in [0.5, 0.6) is 0 Å². The highest BCUT2D eigenvalue weighted by Crippen LogP contribution is 2.30. The first-order valence-corrected chi connectivity index (χ1v) is 6.56. The maximum atomic E-state index is 12.0. The van der Waals surface area contributed by atoms with Crippen LogP contribution in [0.2, 0.25) is 0 Å². The molecule has 0 heterocycles. The molecule has 20 heavy (non-hydrogen) atoms. The molecule has 1 aromatic rings. The largest absolute Gasteiger partial charge is 0.479 e. The van der Waals surface area contributed by atoms with Gasteiger partial charge in [-0.2, -0.15) is 0 Å². The lowest BCUT2D eigenvalue weighted by Crippen LogP contribution is -2.57. The van der Waals surface area contributed by atoms with Crippen LogP contribution in [0, 0.1) is 0 Å². The molecule has 0 aliphatic carbocycles. The van der Waals surface area contributed by atoms with Gasteiger partial charge in [0.05, 0.1) is 6.61 Å². The first kappa shape index (κ1) is 16.2. The lowest BCUT2D eigenvalue weighted by atomic mass is 9.88. The van der Waals surface area contributed by atoms with Crippen molar-refractivity contribution in [3.05, 3.63) is 35.9 Å². The Kier molecular flexibility index (Phi) is 5.70. The van der Waals surface area contributed by atoms with Crippen molar-refractivity contribution >= 4 is 11.9 Å². The second kappa shape index (κ2) is 7.05. The molecule has 110 valence electrons. The van der Waals surface area contributed by atoms with Crippen LogP contribution in [-0.4, -0.2) is 42.1 Å². The van der Waals surface area contributed by atoms with Gasteiger partial charge >= 0.3 is 5.97 Å². The highest BCUT2D eigenvalue weighted by molar-refractivity contribution is 5.87. The number of hydrogen-bond acceptors (Lipinski definition) is 3. The molecular formula is C15H21NO4. The Morgan fingerprint density at radius 3 is 2.30 bits per heavy atom. The Bertz CT molecular complexity index is 460. The number of methoxy groups -OCH3 is 1. The minimum atomic E-state index is -1.49. The fourth-order valence-corrected chi connectivity index (χ4v) is 2.38. The van der Waals surface area contributed by atoms with Crippen molar-refractivity contribution in [3.63, 3.8) is 0 Å². The third-order valence-corrected chi connectivity index (χ3v) is 3.25.